The van der Waals surface area contributed by atoms with E-state index in [0.717, 1.165) is 28.5 Å². The van der Waals surface area contributed by atoms with Crippen molar-refractivity contribution in [3.05, 3.63) is 30.1 Å². The van der Waals surface area contributed by atoms with E-state index in [9.17, 15) is 8.42 Å². The Kier molecular flexibility index (Phi) is 6.45. The second-order valence-electron chi connectivity index (χ2n) is 6.31. The molecule has 0 radical (unpaired) electrons. The molecule has 0 atom stereocenters. The van der Waals surface area contributed by atoms with Crippen molar-refractivity contribution in [2.45, 2.75) is 20.1 Å². The first-order valence-corrected chi connectivity index (χ1v) is 10.9. The highest BCUT2D eigenvalue weighted by atomic mass is 32.2. The summed E-state index contributed by atoms with van der Waals surface area (Å²) in [6.07, 6.45) is 1.12. The van der Waals surface area contributed by atoms with E-state index < -0.39 is 10.0 Å². The molecular weight excluding hydrogens is 382 g/mol. The molecule has 2 heterocycles. The van der Waals surface area contributed by atoms with Crippen LogP contribution in [0.25, 0.3) is 21.9 Å². The van der Waals surface area contributed by atoms with Crippen molar-refractivity contribution in [2.75, 3.05) is 38.4 Å². The van der Waals surface area contributed by atoms with E-state index in [4.69, 9.17) is 15.2 Å². The Morgan fingerprint density at radius 1 is 1.18 bits per heavy atom. The minimum Gasteiger partial charge on any atom is -0.382 e. The molecular formula is C18H25N5O4S. The van der Waals surface area contributed by atoms with Crippen molar-refractivity contribution in [2.24, 2.45) is 0 Å². The molecule has 9 nitrogen and oxygen atoms in total. The number of fused-ring (bicyclic) bond motifs is 3. The van der Waals surface area contributed by atoms with Gasteiger partial charge in [-0.1, -0.05) is 18.2 Å². The lowest BCUT2D eigenvalue weighted by Crippen LogP contribution is -2.26. The Bertz CT molecular complexity index is 1060. The fourth-order valence-electron chi connectivity index (χ4n) is 3.01. The Balaban J connectivity index is 1.86. The number of aromatic nitrogens is 3. The predicted octanol–water partition coefficient (Wildman–Crippen LogP) is 1.27. The molecule has 3 aromatic rings. The molecule has 0 aliphatic carbocycles. The lowest BCUT2D eigenvalue weighted by Gasteiger charge is -2.11. The van der Waals surface area contributed by atoms with Gasteiger partial charge in [0.1, 0.15) is 17.9 Å². The van der Waals surface area contributed by atoms with Gasteiger partial charge in [0.05, 0.1) is 30.5 Å². The summed E-state index contributed by atoms with van der Waals surface area (Å²) in [5.41, 5.74) is 8.49. The number of nitrogens with two attached hydrogens (primary N) is 1. The van der Waals surface area contributed by atoms with Crippen LogP contribution in [0.15, 0.2) is 24.3 Å². The minimum atomic E-state index is -3.21. The van der Waals surface area contributed by atoms with Crippen molar-refractivity contribution in [1.29, 1.82) is 0 Å². The summed E-state index contributed by atoms with van der Waals surface area (Å²) in [4.78, 5) is 9.10. The van der Waals surface area contributed by atoms with Gasteiger partial charge in [-0.25, -0.2) is 23.1 Å². The van der Waals surface area contributed by atoms with Crippen molar-refractivity contribution >= 4 is 37.8 Å². The third-order valence-corrected chi connectivity index (χ3v) is 4.92. The number of anilines is 1. The third-order valence-electron chi connectivity index (χ3n) is 4.19. The highest BCUT2D eigenvalue weighted by Gasteiger charge is 2.17. The summed E-state index contributed by atoms with van der Waals surface area (Å²) in [6.45, 7) is 4.30. The van der Waals surface area contributed by atoms with Gasteiger partial charge in [-0.15, -0.1) is 0 Å². The van der Waals surface area contributed by atoms with Crippen LogP contribution in [0, 0.1) is 0 Å². The second-order valence-corrected chi connectivity index (χ2v) is 8.14. The van der Waals surface area contributed by atoms with Gasteiger partial charge in [0.15, 0.2) is 5.82 Å². The van der Waals surface area contributed by atoms with Crippen LogP contribution in [0.4, 0.5) is 5.82 Å². The molecule has 0 aliphatic rings. The molecule has 10 heteroatoms. The molecule has 152 valence electrons. The van der Waals surface area contributed by atoms with Crippen molar-refractivity contribution in [3.63, 3.8) is 0 Å². The lowest BCUT2D eigenvalue weighted by atomic mass is 10.2. The number of ether oxygens (including phenoxy) is 2. The zero-order valence-corrected chi connectivity index (χ0v) is 16.8. The van der Waals surface area contributed by atoms with Gasteiger partial charge in [0.2, 0.25) is 10.0 Å². The number of nitrogens with zero attached hydrogens (tertiary/aromatic N) is 3. The molecule has 0 aliphatic heterocycles. The number of nitrogens with one attached hydrogen (secondary N) is 1. The van der Waals surface area contributed by atoms with Crippen LogP contribution < -0.4 is 10.5 Å². The number of benzene rings is 1. The standard InChI is InChI=1S/C18H25N5O4S/c1-3-26-12-15-22-16-17(13-6-4-5-7-14(13)21-18(16)19)23(15)9-11-27-10-8-20-28(2,24)25/h4-7,20H,3,8-12H2,1-2H3,(H2,19,21). The van der Waals surface area contributed by atoms with E-state index >= 15 is 0 Å². The van der Waals surface area contributed by atoms with Crippen LogP contribution in [0.5, 0.6) is 0 Å². The van der Waals surface area contributed by atoms with Crippen molar-refractivity contribution in [1.82, 2.24) is 19.3 Å². The highest BCUT2D eigenvalue weighted by molar-refractivity contribution is 7.88. The molecule has 0 saturated carbocycles. The zero-order valence-electron chi connectivity index (χ0n) is 16.0. The molecule has 3 rings (SSSR count). The van der Waals surface area contributed by atoms with Gasteiger partial charge >= 0.3 is 0 Å². The van der Waals surface area contributed by atoms with Crippen LogP contribution in [-0.4, -0.2) is 55.6 Å². The smallest absolute Gasteiger partial charge is 0.208 e. The zero-order chi connectivity index (χ0) is 20.1. The van der Waals surface area contributed by atoms with E-state index in [1.807, 2.05) is 35.8 Å². The van der Waals surface area contributed by atoms with Gasteiger partial charge in [-0.3, -0.25) is 0 Å². The molecule has 0 amide bonds. The molecule has 0 saturated heterocycles. The highest BCUT2D eigenvalue weighted by Crippen LogP contribution is 2.28. The Morgan fingerprint density at radius 3 is 2.71 bits per heavy atom. The van der Waals surface area contributed by atoms with Gasteiger partial charge in [0, 0.05) is 25.1 Å². The van der Waals surface area contributed by atoms with E-state index in [1.165, 1.54) is 0 Å². The summed E-state index contributed by atoms with van der Waals surface area (Å²) >= 11 is 0. The summed E-state index contributed by atoms with van der Waals surface area (Å²) in [7, 11) is -3.21. The number of imidazole rings is 1. The van der Waals surface area contributed by atoms with E-state index in [-0.39, 0.29) is 13.2 Å². The Labute approximate surface area is 163 Å². The van der Waals surface area contributed by atoms with E-state index in [0.29, 0.717) is 37.7 Å². The topological polar surface area (TPSA) is 121 Å². The monoisotopic (exact) mass is 407 g/mol. The number of hydrogen-bond acceptors (Lipinski definition) is 7. The minimum absolute atomic E-state index is 0.231. The van der Waals surface area contributed by atoms with Crippen LogP contribution in [0.2, 0.25) is 0 Å². The first-order valence-electron chi connectivity index (χ1n) is 9.04. The second kappa shape index (κ2) is 8.82. The van der Waals surface area contributed by atoms with Crippen LogP contribution in [0.3, 0.4) is 0 Å². The maximum absolute atomic E-state index is 11.1. The number of nitrogen functional groups attached to an aromatic ring is 1. The first kappa shape index (κ1) is 20.5. The van der Waals surface area contributed by atoms with Gasteiger partial charge in [-0.05, 0) is 13.0 Å². The quantitative estimate of drug-likeness (QED) is 0.485. The molecule has 0 spiro atoms. The molecule has 0 unspecified atom stereocenters. The number of rotatable bonds is 10. The molecule has 0 fully saturated rings. The number of para-hydroxylation sites is 1. The van der Waals surface area contributed by atoms with E-state index in [1.54, 1.807) is 0 Å². The summed E-state index contributed by atoms with van der Waals surface area (Å²) in [5, 5.41) is 0.959. The largest absolute Gasteiger partial charge is 0.382 e. The van der Waals surface area contributed by atoms with Crippen LogP contribution >= 0.6 is 0 Å². The number of pyridine rings is 1. The average molecular weight is 407 g/mol. The Morgan fingerprint density at radius 2 is 1.96 bits per heavy atom. The fourth-order valence-corrected chi connectivity index (χ4v) is 3.46. The van der Waals surface area contributed by atoms with E-state index in [2.05, 4.69) is 14.7 Å². The van der Waals surface area contributed by atoms with Gasteiger partial charge < -0.3 is 19.8 Å². The van der Waals surface area contributed by atoms with Crippen molar-refractivity contribution in [3.8, 4) is 0 Å². The molecule has 28 heavy (non-hydrogen) atoms. The number of sulfonamides is 1. The molecule has 1 aromatic carbocycles. The average Bonchev–Trinajstić information content (AvgIpc) is 3.01. The Hall–Kier alpha value is -2.27. The predicted molar refractivity (Wildman–Crippen MR) is 108 cm³/mol. The summed E-state index contributed by atoms with van der Waals surface area (Å²) < 4.78 is 37.8. The third kappa shape index (κ3) is 4.76. The van der Waals surface area contributed by atoms with Crippen molar-refractivity contribution < 1.29 is 17.9 Å². The summed E-state index contributed by atoms with van der Waals surface area (Å²) in [6, 6.07) is 7.77. The van der Waals surface area contributed by atoms with Gasteiger partial charge in [0.25, 0.3) is 0 Å². The first-order chi connectivity index (χ1) is 13.4. The normalized spacial score (nSPS) is 12.2. The maximum atomic E-state index is 11.1. The van der Waals surface area contributed by atoms with Crippen LogP contribution in [-0.2, 0) is 32.6 Å². The SMILES string of the molecule is CCOCc1nc2c(N)nc3ccccc3c2n1CCOCCNS(C)(=O)=O. The molecule has 0 bridgehead atoms. The maximum Gasteiger partial charge on any atom is 0.208 e. The molecule has 2 aromatic heterocycles. The lowest BCUT2D eigenvalue weighted by molar-refractivity contribution is 0.115. The molecule has 3 N–H and O–H groups in total. The summed E-state index contributed by atoms with van der Waals surface area (Å²) in [5.74, 6) is 1.13. The van der Waals surface area contributed by atoms with Gasteiger partial charge in [-0.2, -0.15) is 0 Å². The fraction of sp³-hybridized carbons (Fsp3) is 0.444. The van der Waals surface area contributed by atoms with Crippen LogP contribution in [0.1, 0.15) is 12.7 Å². The number of hydrogen-bond donors (Lipinski definition) is 2.